The third-order valence-electron chi connectivity index (χ3n) is 2.20. The summed E-state index contributed by atoms with van der Waals surface area (Å²) in [4.78, 5) is 3.66. The second-order valence-electron chi connectivity index (χ2n) is 3.71. The van der Waals surface area contributed by atoms with E-state index in [0.29, 0.717) is 17.7 Å². The maximum absolute atomic E-state index is 12.0. The zero-order chi connectivity index (χ0) is 15.2. The van der Waals surface area contributed by atoms with Crippen molar-refractivity contribution in [2.24, 2.45) is 10.7 Å². The van der Waals surface area contributed by atoms with Gasteiger partial charge < -0.3 is 15.2 Å². The number of nitrogens with two attached hydrogens (primary N) is 1. The van der Waals surface area contributed by atoms with Gasteiger partial charge in [-0.25, -0.2) is 4.99 Å². The van der Waals surface area contributed by atoms with Gasteiger partial charge in [-0.05, 0) is 36.8 Å². The summed E-state index contributed by atoms with van der Waals surface area (Å²) in [5.74, 6) is 0.128. The van der Waals surface area contributed by atoms with Crippen molar-refractivity contribution in [3.63, 3.8) is 0 Å². The molecule has 0 atom stereocenters. The summed E-state index contributed by atoms with van der Waals surface area (Å²) in [5, 5.41) is 0. The summed E-state index contributed by atoms with van der Waals surface area (Å²) in [5.41, 5.74) is 6.04. The Balaban J connectivity index is 2.91. The molecule has 0 fully saturated rings. The SMILES string of the molecule is CC/C=C(/OC(N)=NC)c1ccc(OC(F)(F)F)cc1. The molecule has 0 heterocycles. The molecule has 0 aliphatic rings. The number of alkyl halides is 3. The third-order valence-corrected chi connectivity index (χ3v) is 2.20. The second-order valence-corrected chi connectivity index (χ2v) is 3.71. The maximum Gasteiger partial charge on any atom is 0.573 e. The Hall–Kier alpha value is -2.18. The molecule has 0 aliphatic carbocycles. The topological polar surface area (TPSA) is 56.8 Å². The molecule has 4 nitrogen and oxygen atoms in total. The van der Waals surface area contributed by atoms with Gasteiger partial charge in [0.15, 0.2) is 0 Å². The predicted molar refractivity (Wildman–Crippen MR) is 70.0 cm³/mol. The first-order chi connectivity index (χ1) is 9.35. The lowest BCUT2D eigenvalue weighted by Crippen LogP contribution is -2.17. The lowest BCUT2D eigenvalue weighted by atomic mass is 10.1. The molecule has 7 heteroatoms. The highest BCUT2D eigenvalue weighted by molar-refractivity contribution is 5.79. The number of halogens is 3. The number of hydrogen-bond acceptors (Lipinski definition) is 3. The normalized spacial score (nSPS) is 13.2. The second kappa shape index (κ2) is 6.83. The Morgan fingerprint density at radius 2 is 1.90 bits per heavy atom. The van der Waals surface area contributed by atoms with Crippen LogP contribution in [0.3, 0.4) is 0 Å². The first-order valence-electron chi connectivity index (χ1n) is 5.82. The smallest absolute Gasteiger partial charge is 0.426 e. The van der Waals surface area contributed by atoms with E-state index in [0.717, 1.165) is 0 Å². The number of allylic oxidation sites excluding steroid dienone is 1. The molecule has 20 heavy (non-hydrogen) atoms. The Morgan fingerprint density at radius 3 is 2.35 bits per heavy atom. The maximum atomic E-state index is 12.0. The number of hydrogen-bond donors (Lipinski definition) is 1. The Labute approximate surface area is 114 Å². The van der Waals surface area contributed by atoms with E-state index in [1.165, 1.54) is 31.3 Å². The molecule has 0 saturated heterocycles. The predicted octanol–water partition coefficient (Wildman–Crippen LogP) is 3.30. The van der Waals surface area contributed by atoms with Gasteiger partial charge in [0.1, 0.15) is 11.5 Å². The fraction of sp³-hybridized carbons (Fsp3) is 0.308. The van der Waals surface area contributed by atoms with E-state index >= 15 is 0 Å². The highest BCUT2D eigenvalue weighted by atomic mass is 19.4. The van der Waals surface area contributed by atoms with Gasteiger partial charge in [0, 0.05) is 12.6 Å². The molecular formula is C13H15F3N2O2. The zero-order valence-electron chi connectivity index (χ0n) is 11.1. The van der Waals surface area contributed by atoms with Crippen LogP contribution >= 0.6 is 0 Å². The van der Waals surface area contributed by atoms with Gasteiger partial charge in [-0.15, -0.1) is 13.2 Å². The minimum atomic E-state index is -4.71. The van der Waals surface area contributed by atoms with Gasteiger partial charge in [0.2, 0.25) is 0 Å². The monoisotopic (exact) mass is 288 g/mol. The quantitative estimate of drug-likeness (QED) is 0.525. The average molecular weight is 288 g/mol. The van der Waals surface area contributed by atoms with Crippen LogP contribution in [0, 0.1) is 0 Å². The number of amidine groups is 1. The fourth-order valence-electron chi connectivity index (χ4n) is 1.38. The van der Waals surface area contributed by atoms with Crippen molar-refractivity contribution in [1.29, 1.82) is 0 Å². The van der Waals surface area contributed by atoms with Gasteiger partial charge >= 0.3 is 6.36 Å². The molecule has 0 aromatic heterocycles. The van der Waals surface area contributed by atoms with Crippen LogP contribution in [0.15, 0.2) is 35.3 Å². The molecule has 0 unspecified atom stereocenters. The molecule has 0 bridgehead atoms. The Kier molecular flexibility index (Phi) is 5.42. The number of benzene rings is 1. The van der Waals surface area contributed by atoms with Crippen LogP contribution in [0.1, 0.15) is 18.9 Å². The average Bonchev–Trinajstić information content (AvgIpc) is 2.37. The molecule has 1 rings (SSSR count). The Bertz CT molecular complexity index is 493. The van der Waals surface area contributed by atoms with Crippen molar-refractivity contribution in [1.82, 2.24) is 0 Å². The van der Waals surface area contributed by atoms with E-state index in [4.69, 9.17) is 10.5 Å². The van der Waals surface area contributed by atoms with Crippen LogP contribution in [0.5, 0.6) is 5.75 Å². The lowest BCUT2D eigenvalue weighted by Gasteiger charge is -2.11. The van der Waals surface area contributed by atoms with Gasteiger partial charge in [-0.2, -0.15) is 0 Å². The molecule has 0 aliphatic heterocycles. The van der Waals surface area contributed by atoms with E-state index in [-0.39, 0.29) is 11.8 Å². The summed E-state index contributed by atoms with van der Waals surface area (Å²) < 4.78 is 45.2. The van der Waals surface area contributed by atoms with Crippen LogP contribution < -0.4 is 10.5 Å². The van der Waals surface area contributed by atoms with Crippen LogP contribution in [-0.2, 0) is 4.74 Å². The lowest BCUT2D eigenvalue weighted by molar-refractivity contribution is -0.274. The van der Waals surface area contributed by atoms with Crippen molar-refractivity contribution < 1.29 is 22.6 Å². The van der Waals surface area contributed by atoms with Gasteiger partial charge in [0.25, 0.3) is 6.02 Å². The van der Waals surface area contributed by atoms with Crippen molar-refractivity contribution in [3.8, 4) is 5.75 Å². The first-order valence-corrected chi connectivity index (χ1v) is 5.82. The summed E-state index contributed by atoms with van der Waals surface area (Å²) in [6, 6.07) is 5.28. The van der Waals surface area contributed by atoms with Gasteiger partial charge in [-0.3, -0.25) is 0 Å². The molecule has 2 N–H and O–H groups in total. The standard InChI is InChI=1S/C13H15F3N2O2/c1-3-4-11(19-12(17)18-2)9-5-7-10(8-6-9)20-13(14,15)16/h4-8H,3H2,1-2H3,(H2,17,18)/b11-4+. The minimum Gasteiger partial charge on any atom is -0.426 e. The Morgan fingerprint density at radius 1 is 1.30 bits per heavy atom. The van der Waals surface area contributed by atoms with Crippen LogP contribution in [0.2, 0.25) is 0 Å². The number of ether oxygens (including phenoxy) is 2. The summed E-state index contributed by atoms with van der Waals surface area (Å²) in [6.45, 7) is 1.89. The van der Waals surface area contributed by atoms with E-state index < -0.39 is 6.36 Å². The van der Waals surface area contributed by atoms with Crippen LogP contribution in [0.4, 0.5) is 13.2 Å². The van der Waals surface area contributed by atoms with Crippen molar-refractivity contribution >= 4 is 11.8 Å². The summed E-state index contributed by atoms with van der Waals surface area (Å²) >= 11 is 0. The van der Waals surface area contributed by atoms with E-state index in [9.17, 15) is 13.2 Å². The highest BCUT2D eigenvalue weighted by Crippen LogP contribution is 2.25. The number of nitrogens with zero attached hydrogens (tertiary/aromatic N) is 1. The molecule has 1 aromatic carbocycles. The van der Waals surface area contributed by atoms with Crippen LogP contribution in [-0.4, -0.2) is 19.4 Å². The van der Waals surface area contributed by atoms with Crippen LogP contribution in [0.25, 0.3) is 5.76 Å². The molecule has 0 saturated carbocycles. The fourth-order valence-corrected chi connectivity index (χ4v) is 1.38. The molecule has 0 amide bonds. The molecule has 0 spiro atoms. The van der Waals surface area contributed by atoms with Crippen molar-refractivity contribution in [2.75, 3.05) is 7.05 Å². The first kappa shape index (κ1) is 15.9. The minimum absolute atomic E-state index is 0.0275. The molecule has 110 valence electrons. The van der Waals surface area contributed by atoms with Crippen molar-refractivity contribution in [3.05, 3.63) is 35.9 Å². The van der Waals surface area contributed by atoms with E-state index in [1.807, 2.05) is 6.92 Å². The molecule has 0 radical (unpaired) electrons. The van der Waals surface area contributed by atoms with Gasteiger partial charge in [0.05, 0.1) is 0 Å². The largest absolute Gasteiger partial charge is 0.573 e. The number of aliphatic imine (C=N–C) groups is 1. The van der Waals surface area contributed by atoms with E-state index in [2.05, 4.69) is 9.73 Å². The van der Waals surface area contributed by atoms with Crippen molar-refractivity contribution in [2.45, 2.75) is 19.7 Å². The number of rotatable bonds is 4. The summed E-state index contributed by atoms with van der Waals surface area (Å²) in [7, 11) is 1.47. The molecule has 1 aromatic rings. The third kappa shape index (κ3) is 5.21. The summed E-state index contributed by atoms with van der Waals surface area (Å²) in [6.07, 6.45) is -2.29. The highest BCUT2D eigenvalue weighted by Gasteiger charge is 2.30. The van der Waals surface area contributed by atoms with Gasteiger partial charge in [-0.1, -0.05) is 6.92 Å². The zero-order valence-corrected chi connectivity index (χ0v) is 11.1. The van der Waals surface area contributed by atoms with E-state index in [1.54, 1.807) is 6.08 Å². The molecular weight excluding hydrogens is 273 g/mol.